The quantitative estimate of drug-likeness (QED) is 0.921. The molecule has 1 saturated heterocycles. The topological polar surface area (TPSA) is 45.5 Å². The molecule has 1 aliphatic heterocycles. The van der Waals surface area contributed by atoms with E-state index in [4.69, 9.17) is 5.11 Å². The molecule has 21 heavy (non-hydrogen) atoms. The van der Waals surface area contributed by atoms with Gasteiger partial charge in [-0.2, -0.15) is 0 Å². The van der Waals surface area contributed by atoms with E-state index in [0.29, 0.717) is 12.0 Å². The van der Waals surface area contributed by atoms with Gasteiger partial charge in [-0.3, -0.25) is 4.79 Å². The summed E-state index contributed by atoms with van der Waals surface area (Å²) < 4.78 is 1.90. The third-order valence-electron chi connectivity index (χ3n) is 5.21. The Morgan fingerprint density at radius 2 is 2.29 bits per heavy atom. The second kappa shape index (κ2) is 4.60. The summed E-state index contributed by atoms with van der Waals surface area (Å²) in [4.78, 5) is 13.6. The molecule has 110 valence electrons. The minimum absolute atomic E-state index is 0.0468. The zero-order chi connectivity index (χ0) is 14.6. The van der Waals surface area contributed by atoms with E-state index in [2.05, 4.69) is 36.3 Å². The number of benzene rings is 1. The normalized spacial score (nSPS) is 25.0. The van der Waals surface area contributed by atoms with E-state index in [1.807, 2.05) is 4.57 Å². The van der Waals surface area contributed by atoms with Crippen molar-refractivity contribution >= 4 is 16.9 Å². The first-order valence-corrected chi connectivity index (χ1v) is 7.68. The zero-order valence-electron chi connectivity index (χ0n) is 12.2. The van der Waals surface area contributed by atoms with E-state index in [-0.39, 0.29) is 6.54 Å². The van der Waals surface area contributed by atoms with Gasteiger partial charge in [0.05, 0.1) is 0 Å². The number of carboxylic acid groups (broad SMARTS) is 1. The van der Waals surface area contributed by atoms with E-state index < -0.39 is 5.97 Å². The molecular formula is C17H20N2O2. The highest BCUT2D eigenvalue weighted by atomic mass is 16.4. The van der Waals surface area contributed by atoms with Gasteiger partial charge in [0.25, 0.3) is 0 Å². The molecule has 0 saturated carbocycles. The lowest BCUT2D eigenvalue weighted by atomic mass is 9.75. The Morgan fingerprint density at radius 3 is 3.10 bits per heavy atom. The van der Waals surface area contributed by atoms with Gasteiger partial charge in [-0.15, -0.1) is 0 Å². The molecule has 1 aliphatic carbocycles. The first-order valence-electron chi connectivity index (χ1n) is 7.68. The molecule has 1 N–H and O–H groups in total. The van der Waals surface area contributed by atoms with Crippen LogP contribution in [0.4, 0.5) is 0 Å². The molecule has 4 heteroatoms. The van der Waals surface area contributed by atoms with Crippen LogP contribution in [-0.4, -0.2) is 40.2 Å². The Morgan fingerprint density at radius 1 is 1.43 bits per heavy atom. The fourth-order valence-corrected chi connectivity index (χ4v) is 4.32. The van der Waals surface area contributed by atoms with Gasteiger partial charge >= 0.3 is 5.97 Å². The number of fused-ring (bicyclic) bond motifs is 2. The van der Waals surface area contributed by atoms with Crippen molar-refractivity contribution in [3.05, 3.63) is 35.5 Å². The van der Waals surface area contributed by atoms with Crippen LogP contribution in [0, 0.1) is 0 Å². The van der Waals surface area contributed by atoms with Crippen LogP contribution >= 0.6 is 0 Å². The van der Waals surface area contributed by atoms with Crippen LogP contribution < -0.4 is 0 Å². The predicted molar refractivity (Wildman–Crippen MR) is 81.7 cm³/mol. The van der Waals surface area contributed by atoms with E-state index in [9.17, 15) is 4.79 Å². The number of carboxylic acids is 1. The number of hydrogen-bond donors (Lipinski definition) is 1. The fourth-order valence-electron chi connectivity index (χ4n) is 4.32. The maximum absolute atomic E-state index is 11.1. The average molecular weight is 284 g/mol. The zero-order valence-corrected chi connectivity index (χ0v) is 12.2. The van der Waals surface area contributed by atoms with Crippen molar-refractivity contribution < 1.29 is 9.90 Å². The first kappa shape index (κ1) is 12.9. The van der Waals surface area contributed by atoms with Gasteiger partial charge in [-0.25, -0.2) is 0 Å². The third kappa shape index (κ3) is 1.89. The van der Waals surface area contributed by atoms with Gasteiger partial charge in [0.1, 0.15) is 6.54 Å². The number of nitrogens with zero attached hydrogens (tertiary/aromatic N) is 2. The van der Waals surface area contributed by atoms with E-state index >= 15 is 0 Å². The van der Waals surface area contributed by atoms with Crippen molar-refractivity contribution in [1.29, 1.82) is 0 Å². The van der Waals surface area contributed by atoms with Crippen molar-refractivity contribution in [3.63, 3.8) is 0 Å². The van der Waals surface area contributed by atoms with Crippen LogP contribution in [0.3, 0.4) is 0 Å². The molecule has 1 aromatic heterocycles. The number of piperidine rings is 1. The van der Waals surface area contributed by atoms with Gasteiger partial charge in [-0.1, -0.05) is 12.1 Å². The number of likely N-dealkylation sites (N-methyl/N-ethyl adjacent to an activating group) is 1. The van der Waals surface area contributed by atoms with Crippen LogP contribution in [0.5, 0.6) is 0 Å². The van der Waals surface area contributed by atoms with E-state index in [1.165, 1.54) is 35.9 Å². The summed E-state index contributed by atoms with van der Waals surface area (Å²) in [6.45, 7) is 1.22. The maximum atomic E-state index is 11.1. The second-order valence-electron chi connectivity index (χ2n) is 6.42. The second-order valence-corrected chi connectivity index (χ2v) is 6.42. The van der Waals surface area contributed by atoms with Gasteiger partial charge in [0.15, 0.2) is 0 Å². The number of aromatic nitrogens is 1. The van der Waals surface area contributed by atoms with E-state index in [0.717, 1.165) is 11.9 Å². The summed E-state index contributed by atoms with van der Waals surface area (Å²) in [5.41, 5.74) is 3.82. The lowest BCUT2D eigenvalue weighted by molar-refractivity contribution is -0.137. The Balaban J connectivity index is 1.89. The Hall–Kier alpha value is -1.81. The molecule has 0 amide bonds. The molecule has 0 radical (unpaired) electrons. The summed E-state index contributed by atoms with van der Waals surface area (Å²) in [6.07, 6.45) is 5.60. The van der Waals surface area contributed by atoms with Crippen molar-refractivity contribution in [1.82, 2.24) is 9.47 Å². The highest BCUT2D eigenvalue weighted by Gasteiger charge is 2.36. The summed E-state index contributed by atoms with van der Waals surface area (Å²) in [7, 11) is 2.22. The highest BCUT2D eigenvalue weighted by molar-refractivity contribution is 5.90. The Labute approximate surface area is 124 Å². The molecule has 2 aliphatic rings. The minimum atomic E-state index is -0.780. The molecule has 2 aromatic rings. The number of aliphatic carboxylic acids is 1. The molecule has 0 spiro atoms. The van der Waals surface area contributed by atoms with Crippen LogP contribution in [0.2, 0.25) is 0 Å². The predicted octanol–water partition coefficient (Wildman–Crippen LogP) is 2.46. The average Bonchev–Trinajstić information content (AvgIpc) is 2.79. The van der Waals surface area contributed by atoms with Crippen molar-refractivity contribution in [2.45, 2.75) is 37.8 Å². The smallest absolute Gasteiger partial charge is 0.323 e. The first-order chi connectivity index (χ1) is 10.1. The van der Waals surface area contributed by atoms with Gasteiger partial charge in [0.2, 0.25) is 0 Å². The lowest BCUT2D eigenvalue weighted by Crippen LogP contribution is -2.44. The lowest BCUT2D eigenvalue weighted by Gasteiger charge is -2.42. The maximum Gasteiger partial charge on any atom is 0.323 e. The minimum Gasteiger partial charge on any atom is -0.480 e. The highest BCUT2D eigenvalue weighted by Crippen LogP contribution is 2.43. The standard InChI is InChI=1S/C17H20N2O2/c1-18-7-3-5-12-13-4-2-6-14-17(13)11(8-15(12)18)9-19(14)10-16(20)21/h2,4,6,9,12,15H,3,5,7-8,10H2,1H3,(H,20,21)/t12-,15-/m1/s1. The van der Waals surface area contributed by atoms with Crippen LogP contribution in [0.25, 0.3) is 10.9 Å². The van der Waals surface area contributed by atoms with Crippen LogP contribution in [0.15, 0.2) is 24.4 Å². The van der Waals surface area contributed by atoms with Gasteiger partial charge in [0, 0.05) is 29.1 Å². The van der Waals surface area contributed by atoms with Gasteiger partial charge < -0.3 is 14.6 Å². The molecule has 1 aromatic carbocycles. The van der Waals surface area contributed by atoms with Crippen molar-refractivity contribution in [3.8, 4) is 0 Å². The van der Waals surface area contributed by atoms with Crippen molar-refractivity contribution in [2.75, 3.05) is 13.6 Å². The van der Waals surface area contributed by atoms with Crippen LogP contribution in [0.1, 0.15) is 29.9 Å². The largest absolute Gasteiger partial charge is 0.480 e. The number of likely N-dealkylation sites (tertiary alicyclic amines) is 1. The molecule has 0 bridgehead atoms. The summed E-state index contributed by atoms with van der Waals surface area (Å²) in [5.74, 6) is -0.182. The number of carbonyl (C=O) groups is 1. The molecule has 1 fully saturated rings. The molecule has 0 unspecified atom stereocenters. The molecule has 2 atom stereocenters. The van der Waals surface area contributed by atoms with Crippen LogP contribution in [-0.2, 0) is 17.8 Å². The van der Waals surface area contributed by atoms with E-state index in [1.54, 1.807) is 0 Å². The fraction of sp³-hybridized carbons (Fsp3) is 0.471. The Kier molecular flexibility index (Phi) is 2.82. The molecular weight excluding hydrogens is 264 g/mol. The summed E-state index contributed by atoms with van der Waals surface area (Å²) in [5, 5.41) is 10.4. The van der Waals surface area contributed by atoms with Gasteiger partial charge in [-0.05, 0) is 50.0 Å². The Bertz CT molecular complexity index is 719. The number of rotatable bonds is 2. The monoisotopic (exact) mass is 284 g/mol. The SMILES string of the molecule is CN1CCC[C@@H]2c3cccc4c3c(cn4CC(=O)O)C[C@H]21. The summed E-state index contributed by atoms with van der Waals surface area (Å²) in [6, 6.07) is 6.94. The third-order valence-corrected chi connectivity index (χ3v) is 5.21. The molecule has 4 rings (SSSR count). The molecule has 2 heterocycles. The molecule has 4 nitrogen and oxygen atoms in total. The summed E-state index contributed by atoms with van der Waals surface area (Å²) >= 11 is 0. The number of hydrogen-bond acceptors (Lipinski definition) is 2. The van der Waals surface area contributed by atoms with Crippen molar-refractivity contribution in [2.24, 2.45) is 0 Å².